The predicted octanol–water partition coefficient (Wildman–Crippen LogP) is 3.02. The molecule has 6 heteroatoms. The van der Waals surface area contributed by atoms with Gasteiger partial charge in [0, 0.05) is 17.1 Å². The van der Waals surface area contributed by atoms with E-state index in [1.165, 1.54) is 0 Å². The highest BCUT2D eigenvalue weighted by Crippen LogP contribution is 2.23. The number of nitrogens with two attached hydrogens (primary N) is 1. The first kappa shape index (κ1) is 19.0. The van der Waals surface area contributed by atoms with Gasteiger partial charge in [0.2, 0.25) is 0 Å². The Morgan fingerprint density at radius 2 is 2.10 bits per heavy atom. The minimum Gasteiger partial charge on any atom is -0.493 e. The number of hydrogen-bond donors (Lipinski definition) is 2. The lowest BCUT2D eigenvalue weighted by Gasteiger charge is -2.19. The number of ether oxygens (including phenoxy) is 1. The molecule has 1 amide bonds. The third-order valence-electron chi connectivity index (χ3n) is 2.35. The van der Waals surface area contributed by atoms with E-state index in [0.717, 1.165) is 6.42 Å². The fourth-order valence-corrected chi connectivity index (χ4v) is 1.59. The van der Waals surface area contributed by atoms with Gasteiger partial charge in [0.05, 0.1) is 12.2 Å². The van der Waals surface area contributed by atoms with Crippen molar-refractivity contribution in [3.8, 4) is 5.75 Å². The summed E-state index contributed by atoms with van der Waals surface area (Å²) in [7, 11) is 0. The van der Waals surface area contributed by atoms with Crippen LogP contribution in [0, 0.1) is 0 Å². The summed E-state index contributed by atoms with van der Waals surface area (Å²) >= 11 is 5.92. The van der Waals surface area contributed by atoms with Crippen LogP contribution in [0.1, 0.15) is 37.6 Å². The van der Waals surface area contributed by atoms with Crippen LogP contribution in [0.5, 0.6) is 5.75 Å². The second-order valence-electron chi connectivity index (χ2n) is 5.16. The summed E-state index contributed by atoms with van der Waals surface area (Å²) in [5.74, 6) is 0.311. The average Bonchev–Trinajstić information content (AvgIpc) is 2.33. The van der Waals surface area contributed by atoms with Gasteiger partial charge in [0.1, 0.15) is 5.75 Å². The molecule has 0 aliphatic heterocycles. The summed E-state index contributed by atoms with van der Waals surface area (Å²) in [4.78, 5) is 12.1. The van der Waals surface area contributed by atoms with Crippen LogP contribution >= 0.6 is 24.0 Å². The molecule has 0 spiro atoms. The lowest BCUT2D eigenvalue weighted by atomic mass is 10.1. The molecule has 20 heavy (non-hydrogen) atoms. The van der Waals surface area contributed by atoms with E-state index in [1.807, 2.05) is 20.8 Å². The molecule has 0 aliphatic carbocycles. The van der Waals surface area contributed by atoms with Crippen LogP contribution in [-0.2, 0) is 0 Å². The van der Waals surface area contributed by atoms with E-state index in [9.17, 15) is 4.79 Å². The molecular formula is C14H22Cl2N2O2. The second-order valence-corrected chi connectivity index (χ2v) is 5.60. The molecule has 0 saturated carbocycles. The molecule has 0 saturated heterocycles. The molecule has 1 aromatic carbocycles. The zero-order valence-electron chi connectivity index (χ0n) is 12.0. The van der Waals surface area contributed by atoms with Crippen molar-refractivity contribution in [1.29, 1.82) is 0 Å². The fraction of sp³-hybridized carbons (Fsp3) is 0.500. The predicted molar refractivity (Wildman–Crippen MR) is 85.1 cm³/mol. The van der Waals surface area contributed by atoms with Crippen LogP contribution in [0.2, 0.25) is 5.02 Å². The molecule has 0 aliphatic rings. The average molecular weight is 321 g/mol. The quantitative estimate of drug-likeness (QED) is 0.846. The zero-order chi connectivity index (χ0) is 14.5. The van der Waals surface area contributed by atoms with E-state index in [-0.39, 0.29) is 18.3 Å². The van der Waals surface area contributed by atoms with Gasteiger partial charge in [0.25, 0.3) is 5.91 Å². The lowest BCUT2D eigenvalue weighted by molar-refractivity contribution is 0.0942. The Morgan fingerprint density at radius 3 is 2.65 bits per heavy atom. The summed E-state index contributed by atoms with van der Waals surface area (Å²) in [6, 6.07) is 5.02. The fourth-order valence-electron chi connectivity index (χ4n) is 1.42. The number of rotatable bonds is 6. The highest BCUT2D eigenvalue weighted by Gasteiger charge is 2.17. The summed E-state index contributed by atoms with van der Waals surface area (Å²) in [6.07, 6.45) is 0.875. The van der Waals surface area contributed by atoms with E-state index in [0.29, 0.717) is 29.5 Å². The van der Waals surface area contributed by atoms with Crippen molar-refractivity contribution in [3.05, 3.63) is 28.8 Å². The van der Waals surface area contributed by atoms with Gasteiger partial charge in [-0.2, -0.15) is 0 Å². The molecule has 0 aromatic heterocycles. The van der Waals surface area contributed by atoms with Crippen molar-refractivity contribution in [1.82, 2.24) is 5.32 Å². The first-order valence-corrected chi connectivity index (χ1v) is 6.70. The smallest absolute Gasteiger partial charge is 0.255 e. The van der Waals surface area contributed by atoms with Crippen LogP contribution in [0.3, 0.4) is 0 Å². The molecule has 0 radical (unpaired) electrons. The molecule has 0 fully saturated rings. The van der Waals surface area contributed by atoms with Crippen molar-refractivity contribution in [3.63, 3.8) is 0 Å². The van der Waals surface area contributed by atoms with Crippen LogP contribution in [0.15, 0.2) is 18.2 Å². The number of carbonyl (C=O) groups is 1. The van der Waals surface area contributed by atoms with E-state index in [4.69, 9.17) is 22.1 Å². The number of benzene rings is 1. The first-order valence-electron chi connectivity index (χ1n) is 6.33. The SMILES string of the molecule is CCCOc1ccc(Cl)cc1C(=O)NCC(C)(C)N.Cl. The van der Waals surface area contributed by atoms with E-state index in [2.05, 4.69) is 5.32 Å². The van der Waals surface area contributed by atoms with Crippen molar-refractivity contribution >= 4 is 29.9 Å². The highest BCUT2D eigenvalue weighted by atomic mass is 35.5. The first-order chi connectivity index (χ1) is 8.83. The number of nitrogens with one attached hydrogen (secondary N) is 1. The Kier molecular flexibility index (Phi) is 7.94. The standard InChI is InChI=1S/C14H21ClN2O2.ClH/c1-4-7-19-12-6-5-10(15)8-11(12)13(18)17-9-14(2,3)16;/h5-6,8H,4,7,9,16H2,1-3H3,(H,17,18);1H. The molecule has 4 nitrogen and oxygen atoms in total. The Morgan fingerprint density at radius 1 is 1.45 bits per heavy atom. The molecule has 114 valence electrons. The minimum atomic E-state index is -0.460. The molecule has 3 N–H and O–H groups in total. The molecule has 0 unspecified atom stereocenters. The third-order valence-corrected chi connectivity index (χ3v) is 2.59. The van der Waals surface area contributed by atoms with Crippen molar-refractivity contribution in [2.45, 2.75) is 32.7 Å². The Balaban J connectivity index is 0.00000361. The van der Waals surface area contributed by atoms with Gasteiger partial charge in [-0.05, 0) is 38.5 Å². The third kappa shape index (κ3) is 6.46. The van der Waals surface area contributed by atoms with Crippen molar-refractivity contribution in [2.75, 3.05) is 13.2 Å². The molecule has 1 rings (SSSR count). The van der Waals surface area contributed by atoms with Gasteiger partial charge in [-0.1, -0.05) is 18.5 Å². The summed E-state index contributed by atoms with van der Waals surface area (Å²) in [6.45, 7) is 6.64. The Bertz CT molecular complexity index is 445. The van der Waals surface area contributed by atoms with Crippen LogP contribution in [-0.4, -0.2) is 24.6 Å². The molecule has 0 heterocycles. The van der Waals surface area contributed by atoms with E-state index < -0.39 is 5.54 Å². The van der Waals surface area contributed by atoms with Crippen LogP contribution in [0.4, 0.5) is 0 Å². The minimum absolute atomic E-state index is 0. The lowest BCUT2D eigenvalue weighted by Crippen LogP contribution is -2.45. The van der Waals surface area contributed by atoms with Gasteiger partial charge in [-0.25, -0.2) is 0 Å². The van der Waals surface area contributed by atoms with Gasteiger partial charge in [-0.3, -0.25) is 4.79 Å². The van der Waals surface area contributed by atoms with Gasteiger partial charge >= 0.3 is 0 Å². The molecule has 0 atom stereocenters. The van der Waals surface area contributed by atoms with Crippen LogP contribution < -0.4 is 15.8 Å². The van der Waals surface area contributed by atoms with Crippen molar-refractivity contribution in [2.24, 2.45) is 5.73 Å². The normalized spacial score (nSPS) is 10.7. The topological polar surface area (TPSA) is 64.3 Å². The van der Waals surface area contributed by atoms with Gasteiger partial charge < -0.3 is 15.8 Å². The molecule has 0 bridgehead atoms. The van der Waals surface area contributed by atoms with Gasteiger partial charge in [0.15, 0.2) is 0 Å². The van der Waals surface area contributed by atoms with E-state index in [1.54, 1.807) is 18.2 Å². The zero-order valence-corrected chi connectivity index (χ0v) is 13.6. The number of amides is 1. The highest BCUT2D eigenvalue weighted by molar-refractivity contribution is 6.31. The summed E-state index contributed by atoms with van der Waals surface area (Å²) in [5.41, 5.74) is 5.81. The second kappa shape index (κ2) is 8.35. The number of hydrogen-bond acceptors (Lipinski definition) is 3. The molecular weight excluding hydrogens is 299 g/mol. The van der Waals surface area contributed by atoms with E-state index >= 15 is 0 Å². The molecule has 1 aromatic rings. The monoisotopic (exact) mass is 320 g/mol. The number of halogens is 2. The summed E-state index contributed by atoms with van der Waals surface area (Å²) in [5, 5.41) is 3.28. The summed E-state index contributed by atoms with van der Waals surface area (Å²) < 4.78 is 5.54. The van der Waals surface area contributed by atoms with Crippen molar-refractivity contribution < 1.29 is 9.53 Å². The maximum Gasteiger partial charge on any atom is 0.255 e. The number of carbonyl (C=O) groups excluding carboxylic acids is 1. The van der Waals surface area contributed by atoms with Crippen LogP contribution in [0.25, 0.3) is 0 Å². The maximum atomic E-state index is 12.1. The Hall–Kier alpha value is -0.970. The van der Waals surface area contributed by atoms with Gasteiger partial charge in [-0.15, -0.1) is 12.4 Å². The largest absolute Gasteiger partial charge is 0.493 e. The Labute approximate surface area is 131 Å². The maximum absolute atomic E-state index is 12.1.